The molecule has 0 heterocycles. The molecule has 2 rings (SSSR count). The first-order valence-corrected chi connectivity index (χ1v) is 8.26. The Morgan fingerprint density at radius 2 is 2.00 bits per heavy atom. The summed E-state index contributed by atoms with van der Waals surface area (Å²) in [6.45, 7) is 5.25. The summed E-state index contributed by atoms with van der Waals surface area (Å²) in [5.41, 5.74) is 0.554. The Hall–Kier alpha value is -0.960. The minimum absolute atomic E-state index is 0.0350. The van der Waals surface area contributed by atoms with Crippen LogP contribution in [0.15, 0.2) is 18.2 Å². The minimum atomic E-state index is -0.733. The third-order valence-corrected chi connectivity index (χ3v) is 4.75. The molecule has 1 aliphatic carbocycles. The van der Waals surface area contributed by atoms with Crippen molar-refractivity contribution >= 4 is 0 Å². The summed E-state index contributed by atoms with van der Waals surface area (Å²) in [4.78, 5) is 0. The molecule has 1 nitrogen and oxygen atoms in total. The van der Waals surface area contributed by atoms with Crippen molar-refractivity contribution in [2.75, 3.05) is 6.54 Å². The van der Waals surface area contributed by atoms with Crippen LogP contribution >= 0.6 is 0 Å². The maximum Gasteiger partial charge on any atom is 0.162 e. The Bertz CT molecular complexity index is 457. The average molecular weight is 295 g/mol. The molecule has 1 atom stereocenters. The van der Waals surface area contributed by atoms with Gasteiger partial charge in [0.2, 0.25) is 0 Å². The Morgan fingerprint density at radius 3 is 2.62 bits per heavy atom. The van der Waals surface area contributed by atoms with Crippen LogP contribution in [0.4, 0.5) is 8.78 Å². The maximum absolute atomic E-state index is 14.0. The largest absolute Gasteiger partial charge is 0.313 e. The van der Waals surface area contributed by atoms with Gasteiger partial charge in [0.15, 0.2) is 11.6 Å². The van der Waals surface area contributed by atoms with Gasteiger partial charge in [-0.3, -0.25) is 0 Å². The van der Waals surface area contributed by atoms with Crippen molar-refractivity contribution in [3.8, 4) is 0 Å². The monoisotopic (exact) mass is 295 g/mol. The molecule has 0 amide bonds. The molecular weight excluding hydrogens is 268 g/mol. The number of rotatable bonds is 9. The topological polar surface area (TPSA) is 12.0 Å². The van der Waals surface area contributed by atoms with Gasteiger partial charge in [-0.25, -0.2) is 8.78 Å². The van der Waals surface area contributed by atoms with Crippen molar-refractivity contribution in [3.05, 3.63) is 35.4 Å². The zero-order valence-electron chi connectivity index (χ0n) is 13.2. The zero-order valence-corrected chi connectivity index (χ0v) is 13.2. The van der Waals surface area contributed by atoms with E-state index in [2.05, 4.69) is 19.2 Å². The second kappa shape index (κ2) is 7.35. The third kappa shape index (κ3) is 4.50. The molecule has 0 saturated heterocycles. The SMILES string of the molecule is CCCCC(CC)(CNC1CC1)Cc1cccc(F)c1F. The number of halogens is 2. The highest BCUT2D eigenvalue weighted by molar-refractivity contribution is 5.20. The number of unbranched alkanes of at least 4 members (excludes halogenated alkanes) is 1. The number of benzene rings is 1. The first-order chi connectivity index (χ1) is 10.1. The van der Waals surface area contributed by atoms with Crippen LogP contribution < -0.4 is 5.32 Å². The van der Waals surface area contributed by atoms with Crippen molar-refractivity contribution in [1.82, 2.24) is 5.32 Å². The smallest absolute Gasteiger partial charge is 0.162 e. The third-order valence-electron chi connectivity index (χ3n) is 4.75. The Kier molecular flexibility index (Phi) is 5.74. The van der Waals surface area contributed by atoms with Gasteiger partial charge < -0.3 is 5.32 Å². The predicted octanol–water partition coefficient (Wildman–Crippen LogP) is 4.85. The van der Waals surface area contributed by atoms with Gasteiger partial charge in [0.25, 0.3) is 0 Å². The van der Waals surface area contributed by atoms with Gasteiger partial charge in [0.1, 0.15) is 0 Å². The van der Waals surface area contributed by atoms with E-state index in [1.165, 1.54) is 18.9 Å². The molecule has 0 aromatic heterocycles. The van der Waals surface area contributed by atoms with E-state index in [-0.39, 0.29) is 5.41 Å². The zero-order chi connectivity index (χ0) is 15.3. The van der Waals surface area contributed by atoms with Crippen LogP contribution in [0.3, 0.4) is 0 Å². The van der Waals surface area contributed by atoms with Gasteiger partial charge in [-0.1, -0.05) is 38.8 Å². The summed E-state index contributed by atoms with van der Waals surface area (Å²) >= 11 is 0. The Balaban J connectivity index is 2.13. The van der Waals surface area contributed by atoms with Crippen molar-refractivity contribution in [1.29, 1.82) is 0 Å². The van der Waals surface area contributed by atoms with Gasteiger partial charge in [0.05, 0.1) is 0 Å². The number of hydrogen-bond acceptors (Lipinski definition) is 1. The minimum Gasteiger partial charge on any atom is -0.313 e. The molecule has 1 N–H and O–H groups in total. The highest BCUT2D eigenvalue weighted by Crippen LogP contribution is 2.35. The summed E-state index contributed by atoms with van der Waals surface area (Å²) in [6, 6.07) is 5.18. The normalized spacial score (nSPS) is 17.7. The highest BCUT2D eigenvalue weighted by Gasteiger charge is 2.32. The van der Waals surface area contributed by atoms with E-state index >= 15 is 0 Å². The lowest BCUT2D eigenvalue weighted by molar-refractivity contribution is 0.225. The van der Waals surface area contributed by atoms with Gasteiger partial charge in [-0.05, 0) is 49.1 Å². The Morgan fingerprint density at radius 1 is 1.24 bits per heavy atom. The standard InChI is InChI=1S/C18H27F2N/c1-3-5-11-18(4-2,13-21-15-9-10-15)12-14-7-6-8-16(19)17(14)20/h6-8,15,21H,3-5,9-13H2,1-2H3. The number of hydrogen-bond donors (Lipinski definition) is 1. The van der Waals surface area contributed by atoms with E-state index in [9.17, 15) is 8.78 Å². The molecule has 1 saturated carbocycles. The maximum atomic E-state index is 14.0. The molecule has 0 aliphatic heterocycles. The van der Waals surface area contributed by atoms with Crippen molar-refractivity contribution in [2.24, 2.45) is 5.41 Å². The first-order valence-electron chi connectivity index (χ1n) is 8.26. The van der Waals surface area contributed by atoms with Gasteiger partial charge in [-0.2, -0.15) is 0 Å². The molecule has 1 unspecified atom stereocenters. The lowest BCUT2D eigenvalue weighted by Crippen LogP contribution is -2.37. The predicted molar refractivity (Wildman–Crippen MR) is 83.3 cm³/mol. The molecule has 0 radical (unpaired) electrons. The summed E-state index contributed by atoms with van der Waals surface area (Å²) in [5.74, 6) is -1.40. The van der Waals surface area contributed by atoms with Gasteiger partial charge in [-0.15, -0.1) is 0 Å². The fourth-order valence-electron chi connectivity index (χ4n) is 2.96. The van der Waals surface area contributed by atoms with Crippen molar-refractivity contribution in [3.63, 3.8) is 0 Å². The van der Waals surface area contributed by atoms with Gasteiger partial charge in [0, 0.05) is 12.6 Å². The molecule has 0 bridgehead atoms. The van der Waals surface area contributed by atoms with Crippen LogP contribution in [-0.4, -0.2) is 12.6 Å². The van der Waals surface area contributed by atoms with Gasteiger partial charge >= 0.3 is 0 Å². The second-order valence-electron chi connectivity index (χ2n) is 6.50. The molecule has 118 valence electrons. The van der Waals surface area contributed by atoms with E-state index in [4.69, 9.17) is 0 Å². The van der Waals surface area contributed by atoms with Crippen LogP contribution in [0.2, 0.25) is 0 Å². The van der Waals surface area contributed by atoms with Crippen LogP contribution in [-0.2, 0) is 6.42 Å². The van der Waals surface area contributed by atoms with Crippen LogP contribution in [0.5, 0.6) is 0 Å². The number of nitrogens with one attached hydrogen (secondary N) is 1. The van der Waals surface area contributed by atoms with E-state index < -0.39 is 11.6 Å². The molecule has 1 aliphatic rings. The summed E-state index contributed by atoms with van der Waals surface area (Å²) in [5, 5.41) is 3.60. The van der Waals surface area contributed by atoms with E-state index in [1.54, 1.807) is 12.1 Å². The fraction of sp³-hybridized carbons (Fsp3) is 0.667. The fourth-order valence-corrected chi connectivity index (χ4v) is 2.96. The second-order valence-corrected chi connectivity index (χ2v) is 6.50. The van der Waals surface area contributed by atoms with Crippen LogP contribution in [0.25, 0.3) is 0 Å². The summed E-state index contributed by atoms with van der Waals surface area (Å²) < 4.78 is 27.5. The van der Waals surface area contributed by atoms with E-state index in [0.717, 1.165) is 32.2 Å². The molecule has 0 spiro atoms. The molecule has 1 aromatic carbocycles. The summed E-state index contributed by atoms with van der Waals surface area (Å²) in [6.07, 6.45) is 7.45. The first kappa shape index (κ1) is 16.4. The van der Waals surface area contributed by atoms with Crippen molar-refractivity contribution in [2.45, 2.75) is 64.8 Å². The average Bonchev–Trinajstić information content (AvgIpc) is 3.31. The lowest BCUT2D eigenvalue weighted by Gasteiger charge is -2.34. The summed E-state index contributed by atoms with van der Waals surface area (Å²) in [7, 11) is 0. The molecule has 1 fully saturated rings. The van der Waals surface area contributed by atoms with E-state index in [1.807, 2.05) is 0 Å². The van der Waals surface area contributed by atoms with Crippen LogP contribution in [0.1, 0.15) is 57.9 Å². The molecule has 1 aromatic rings. The quantitative estimate of drug-likeness (QED) is 0.687. The molecule has 3 heteroatoms. The Labute approximate surface area is 127 Å². The van der Waals surface area contributed by atoms with Crippen molar-refractivity contribution < 1.29 is 8.78 Å². The van der Waals surface area contributed by atoms with E-state index in [0.29, 0.717) is 18.0 Å². The highest BCUT2D eigenvalue weighted by atomic mass is 19.2. The molecule has 21 heavy (non-hydrogen) atoms. The lowest BCUT2D eigenvalue weighted by atomic mass is 9.75. The molecular formula is C18H27F2N. The van der Waals surface area contributed by atoms with Crippen LogP contribution in [0, 0.1) is 17.0 Å².